The van der Waals surface area contributed by atoms with Crippen LogP contribution in [0.1, 0.15) is 36.6 Å². The van der Waals surface area contributed by atoms with Crippen LogP contribution in [0.3, 0.4) is 0 Å². The number of aromatic nitrogens is 3. The van der Waals surface area contributed by atoms with Crippen LogP contribution in [0.15, 0.2) is 42.5 Å². The minimum Gasteiger partial charge on any atom is -0.495 e. The third kappa shape index (κ3) is 4.34. The number of rotatable bonds is 7. The van der Waals surface area contributed by atoms with Gasteiger partial charge in [0.05, 0.1) is 12.1 Å². The van der Waals surface area contributed by atoms with Crippen molar-refractivity contribution in [1.29, 1.82) is 0 Å². The number of halogens is 1. The molecule has 3 aromatic rings. The van der Waals surface area contributed by atoms with E-state index in [1.54, 1.807) is 7.11 Å². The number of nitrogens with zero attached hydrogens (tertiary/aromatic N) is 2. The van der Waals surface area contributed by atoms with Crippen LogP contribution in [-0.2, 0) is 11.2 Å². The minimum atomic E-state index is -0.0576. The van der Waals surface area contributed by atoms with Crippen LogP contribution in [0.25, 0.3) is 11.4 Å². The standard InChI is InChI=1S/C21H21ClN4O2/c1-28-18-9-5-13(11-17(18)22)6-10-19(27)23-16-4-2-3-15(12-16)21-24-20(25-26-21)14-7-8-14/h2-5,9,11-12,14H,6-8,10H2,1H3,(H,23,27)(H,24,25,26). The SMILES string of the molecule is COc1ccc(CCC(=O)Nc2cccc(-c3n[nH]c(C4CC4)n3)c2)cc1Cl. The fraction of sp³-hybridized carbons (Fsp3) is 0.286. The summed E-state index contributed by atoms with van der Waals surface area (Å²) in [5.41, 5.74) is 2.60. The van der Waals surface area contributed by atoms with Gasteiger partial charge < -0.3 is 10.1 Å². The van der Waals surface area contributed by atoms with Gasteiger partial charge in [-0.05, 0) is 49.1 Å². The summed E-state index contributed by atoms with van der Waals surface area (Å²) in [7, 11) is 1.58. The molecular formula is C21H21ClN4O2. The van der Waals surface area contributed by atoms with E-state index in [2.05, 4.69) is 20.5 Å². The van der Waals surface area contributed by atoms with E-state index in [1.807, 2.05) is 42.5 Å². The van der Waals surface area contributed by atoms with E-state index in [0.29, 0.717) is 35.4 Å². The van der Waals surface area contributed by atoms with Gasteiger partial charge in [0, 0.05) is 23.6 Å². The first kappa shape index (κ1) is 18.5. The predicted molar refractivity (Wildman–Crippen MR) is 109 cm³/mol. The number of methoxy groups -OCH3 is 1. The van der Waals surface area contributed by atoms with Crippen molar-refractivity contribution in [2.24, 2.45) is 0 Å². The zero-order valence-corrected chi connectivity index (χ0v) is 16.3. The van der Waals surface area contributed by atoms with E-state index >= 15 is 0 Å². The molecule has 0 unspecified atom stereocenters. The summed E-state index contributed by atoms with van der Waals surface area (Å²) in [5.74, 6) is 2.70. The molecule has 4 rings (SSSR count). The third-order valence-corrected chi connectivity index (χ3v) is 5.02. The Kier molecular flexibility index (Phi) is 5.30. The summed E-state index contributed by atoms with van der Waals surface area (Å²) in [4.78, 5) is 16.9. The maximum absolute atomic E-state index is 12.3. The summed E-state index contributed by atoms with van der Waals surface area (Å²) in [6.07, 6.45) is 3.30. The van der Waals surface area contributed by atoms with Crippen molar-refractivity contribution in [3.8, 4) is 17.1 Å². The van der Waals surface area contributed by atoms with E-state index in [4.69, 9.17) is 16.3 Å². The van der Waals surface area contributed by atoms with Crippen LogP contribution in [-0.4, -0.2) is 28.2 Å². The van der Waals surface area contributed by atoms with Gasteiger partial charge in [0.2, 0.25) is 5.91 Å². The molecule has 28 heavy (non-hydrogen) atoms. The van der Waals surface area contributed by atoms with Crippen molar-refractivity contribution in [2.45, 2.75) is 31.6 Å². The van der Waals surface area contributed by atoms with E-state index in [0.717, 1.165) is 22.6 Å². The average Bonchev–Trinajstić information content (AvgIpc) is 3.43. The van der Waals surface area contributed by atoms with Crippen molar-refractivity contribution in [2.75, 3.05) is 12.4 Å². The van der Waals surface area contributed by atoms with E-state index < -0.39 is 0 Å². The van der Waals surface area contributed by atoms with Crippen molar-refractivity contribution >= 4 is 23.2 Å². The van der Waals surface area contributed by atoms with Gasteiger partial charge in [-0.3, -0.25) is 9.89 Å². The van der Waals surface area contributed by atoms with Crippen LogP contribution in [0.2, 0.25) is 5.02 Å². The summed E-state index contributed by atoms with van der Waals surface area (Å²) >= 11 is 6.14. The number of H-pyrrole nitrogens is 1. The van der Waals surface area contributed by atoms with Crippen molar-refractivity contribution < 1.29 is 9.53 Å². The Morgan fingerprint density at radius 2 is 2.14 bits per heavy atom. The highest BCUT2D eigenvalue weighted by molar-refractivity contribution is 6.32. The molecule has 0 aliphatic heterocycles. The minimum absolute atomic E-state index is 0.0576. The lowest BCUT2D eigenvalue weighted by molar-refractivity contribution is -0.116. The number of hydrogen-bond acceptors (Lipinski definition) is 4. The second kappa shape index (κ2) is 8.02. The molecule has 0 bridgehead atoms. The van der Waals surface area contributed by atoms with Gasteiger partial charge in [-0.15, -0.1) is 0 Å². The van der Waals surface area contributed by atoms with Crippen molar-refractivity contribution in [3.63, 3.8) is 0 Å². The van der Waals surface area contributed by atoms with Gasteiger partial charge in [-0.25, -0.2) is 4.98 Å². The van der Waals surface area contributed by atoms with Crippen LogP contribution < -0.4 is 10.1 Å². The number of nitrogens with one attached hydrogen (secondary N) is 2. The number of carbonyl (C=O) groups is 1. The molecule has 1 heterocycles. The van der Waals surface area contributed by atoms with E-state index in [-0.39, 0.29) is 5.91 Å². The number of anilines is 1. The highest BCUT2D eigenvalue weighted by atomic mass is 35.5. The zero-order valence-electron chi connectivity index (χ0n) is 15.5. The van der Waals surface area contributed by atoms with Crippen molar-refractivity contribution in [3.05, 3.63) is 58.9 Å². The molecule has 1 aliphatic carbocycles. The highest BCUT2D eigenvalue weighted by Crippen LogP contribution is 2.38. The predicted octanol–water partition coefficient (Wildman–Crippen LogP) is 4.58. The van der Waals surface area contributed by atoms with Crippen LogP contribution in [0.4, 0.5) is 5.69 Å². The zero-order chi connectivity index (χ0) is 19.5. The van der Waals surface area contributed by atoms with E-state index in [9.17, 15) is 4.79 Å². The van der Waals surface area contributed by atoms with Crippen molar-refractivity contribution in [1.82, 2.24) is 15.2 Å². The molecule has 2 aromatic carbocycles. The molecule has 6 nitrogen and oxygen atoms in total. The number of benzene rings is 2. The van der Waals surface area contributed by atoms with Gasteiger partial charge >= 0.3 is 0 Å². The number of aryl methyl sites for hydroxylation is 1. The van der Waals surface area contributed by atoms with Gasteiger partial charge in [-0.1, -0.05) is 29.8 Å². The second-order valence-electron chi connectivity index (χ2n) is 6.92. The molecule has 1 fully saturated rings. The molecule has 0 saturated heterocycles. The van der Waals surface area contributed by atoms with Gasteiger partial charge in [0.1, 0.15) is 11.6 Å². The normalized spacial score (nSPS) is 13.4. The number of ether oxygens (including phenoxy) is 1. The molecule has 1 aliphatic rings. The Morgan fingerprint density at radius 3 is 2.89 bits per heavy atom. The Labute approximate surface area is 168 Å². The van der Waals surface area contributed by atoms with Gasteiger partial charge in [-0.2, -0.15) is 5.10 Å². The summed E-state index contributed by atoms with van der Waals surface area (Å²) < 4.78 is 5.15. The molecule has 2 N–H and O–H groups in total. The number of hydrogen-bond donors (Lipinski definition) is 2. The lowest BCUT2D eigenvalue weighted by Gasteiger charge is -2.08. The maximum atomic E-state index is 12.3. The lowest BCUT2D eigenvalue weighted by Crippen LogP contribution is -2.12. The number of amides is 1. The Morgan fingerprint density at radius 1 is 1.29 bits per heavy atom. The van der Waals surface area contributed by atoms with Gasteiger partial charge in [0.25, 0.3) is 0 Å². The molecule has 0 radical (unpaired) electrons. The smallest absolute Gasteiger partial charge is 0.224 e. The van der Waals surface area contributed by atoms with Crippen LogP contribution >= 0.6 is 11.6 Å². The second-order valence-corrected chi connectivity index (χ2v) is 7.32. The molecule has 0 spiro atoms. The first-order valence-corrected chi connectivity index (χ1v) is 9.65. The Balaban J connectivity index is 1.37. The number of carbonyl (C=O) groups excluding carboxylic acids is 1. The highest BCUT2D eigenvalue weighted by Gasteiger charge is 2.27. The van der Waals surface area contributed by atoms with E-state index in [1.165, 1.54) is 12.8 Å². The first-order chi connectivity index (χ1) is 13.6. The largest absolute Gasteiger partial charge is 0.495 e. The summed E-state index contributed by atoms with van der Waals surface area (Å²) in [6.45, 7) is 0. The fourth-order valence-electron chi connectivity index (χ4n) is 3.03. The monoisotopic (exact) mass is 396 g/mol. The van der Waals surface area contributed by atoms with Crippen LogP contribution in [0.5, 0.6) is 5.75 Å². The molecular weight excluding hydrogens is 376 g/mol. The Bertz CT molecular complexity index is 998. The summed E-state index contributed by atoms with van der Waals surface area (Å²) in [5, 5.41) is 10.8. The Hall–Kier alpha value is -2.86. The quantitative estimate of drug-likeness (QED) is 0.612. The molecule has 0 atom stereocenters. The molecule has 144 valence electrons. The van der Waals surface area contributed by atoms with Crippen LogP contribution in [0, 0.1) is 0 Å². The third-order valence-electron chi connectivity index (χ3n) is 4.73. The van der Waals surface area contributed by atoms with Gasteiger partial charge in [0.15, 0.2) is 5.82 Å². The number of aromatic amines is 1. The lowest BCUT2D eigenvalue weighted by atomic mass is 10.1. The molecule has 1 saturated carbocycles. The molecule has 1 amide bonds. The topological polar surface area (TPSA) is 79.9 Å². The molecule has 7 heteroatoms. The first-order valence-electron chi connectivity index (χ1n) is 9.27. The molecule has 1 aromatic heterocycles. The fourth-order valence-corrected chi connectivity index (χ4v) is 3.31. The summed E-state index contributed by atoms with van der Waals surface area (Å²) in [6, 6.07) is 13.1. The average molecular weight is 397 g/mol. The maximum Gasteiger partial charge on any atom is 0.224 e.